The van der Waals surface area contributed by atoms with Crippen molar-refractivity contribution in [3.63, 3.8) is 0 Å². The lowest BCUT2D eigenvalue weighted by Gasteiger charge is -2.27. The number of nitrogens with zero attached hydrogens (tertiary/aromatic N) is 2. The molecule has 1 atom stereocenters. The fraction of sp³-hybridized carbons (Fsp3) is 0.417. The van der Waals surface area contributed by atoms with Gasteiger partial charge >= 0.3 is 0 Å². The van der Waals surface area contributed by atoms with Crippen molar-refractivity contribution in [2.24, 2.45) is 5.14 Å². The second-order valence-corrected chi connectivity index (χ2v) is 9.91. The number of primary sulfonamides is 1. The zero-order valence-corrected chi connectivity index (χ0v) is 20.4. The Bertz CT molecular complexity index is 1090. The Kier molecular flexibility index (Phi) is 8.65. The third kappa shape index (κ3) is 7.02. The lowest BCUT2D eigenvalue weighted by atomic mass is 10.1. The van der Waals surface area contributed by atoms with E-state index in [0.717, 1.165) is 17.7 Å². The van der Waals surface area contributed by atoms with Gasteiger partial charge in [0.2, 0.25) is 21.8 Å². The number of nitrogens with one attached hydrogen (secondary N) is 1. The number of anilines is 1. The second kappa shape index (κ2) is 11.5. The van der Waals surface area contributed by atoms with Crippen molar-refractivity contribution >= 4 is 27.5 Å². The molecule has 9 nitrogen and oxygen atoms in total. The molecule has 1 unspecified atom stereocenters. The van der Waals surface area contributed by atoms with Gasteiger partial charge in [0, 0.05) is 38.3 Å². The van der Waals surface area contributed by atoms with Gasteiger partial charge in [-0.15, -0.1) is 0 Å². The quantitative estimate of drug-likeness (QED) is 0.585. The molecule has 0 aliphatic carbocycles. The minimum atomic E-state index is -3.78. The molecule has 184 valence electrons. The summed E-state index contributed by atoms with van der Waals surface area (Å²) in [6.45, 7) is 4.38. The summed E-state index contributed by atoms with van der Waals surface area (Å²) in [6.07, 6.45) is 1.90. The molecule has 10 heteroatoms. The Balaban J connectivity index is 1.49. The number of nitrogens with two attached hydrogens (primary N) is 1. The number of sulfonamides is 1. The molecule has 1 aliphatic rings. The predicted molar refractivity (Wildman–Crippen MR) is 130 cm³/mol. The van der Waals surface area contributed by atoms with E-state index in [9.17, 15) is 18.0 Å². The summed E-state index contributed by atoms with van der Waals surface area (Å²) in [5.41, 5.74) is 1.59. The molecule has 2 amide bonds. The first-order chi connectivity index (χ1) is 16.2. The molecule has 3 N–H and O–H groups in total. The molecule has 2 aromatic carbocycles. The number of carbonyl (C=O) groups excluding carboxylic acids is 2. The Morgan fingerprint density at radius 2 is 1.71 bits per heavy atom. The van der Waals surface area contributed by atoms with E-state index < -0.39 is 16.1 Å². The van der Waals surface area contributed by atoms with E-state index in [-0.39, 0.29) is 16.7 Å². The van der Waals surface area contributed by atoms with Crippen molar-refractivity contribution in [2.75, 3.05) is 38.6 Å². The van der Waals surface area contributed by atoms with E-state index in [1.807, 2.05) is 36.1 Å². The molecule has 34 heavy (non-hydrogen) atoms. The van der Waals surface area contributed by atoms with Crippen LogP contribution in [0.25, 0.3) is 0 Å². The Morgan fingerprint density at radius 1 is 1.03 bits per heavy atom. The summed E-state index contributed by atoms with van der Waals surface area (Å²) in [5, 5.41) is 7.92. The van der Waals surface area contributed by atoms with Gasteiger partial charge in [-0.3, -0.25) is 14.5 Å². The van der Waals surface area contributed by atoms with Gasteiger partial charge < -0.3 is 15.0 Å². The van der Waals surface area contributed by atoms with Crippen molar-refractivity contribution < 1.29 is 22.7 Å². The van der Waals surface area contributed by atoms with Gasteiger partial charge in [-0.25, -0.2) is 13.6 Å². The van der Waals surface area contributed by atoms with E-state index >= 15 is 0 Å². The molecule has 1 fully saturated rings. The highest BCUT2D eigenvalue weighted by atomic mass is 32.2. The predicted octanol–water partition coefficient (Wildman–Crippen LogP) is 1.84. The topological polar surface area (TPSA) is 122 Å². The maximum atomic E-state index is 12.7. The Morgan fingerprint density at radius 3 is 2.32 bits per heavy atom. The zero-order chi connectivity index (χ0) is 24.7. The van der Waals surface area contributed by atoms with Gasteiger partial charge in [-0.05, 0) is 61.7 Å². The van der Waals surface area contributed by atoms with Crippen LogP contribution in [0, 0.1) is 0 Å². The van der Waals surface area contributed by atoms with Gasteiger partial charge in [-0.2, -0.15) is 0 Å². The van der Waals surface area contributed by atoms with Gasteiger partial charge in [0.25, 0.3) is 0 Å². The third-order valence-corrected chi connectivity index (χ3v) is 6.98. The number of hydrogen-bond donors (Lipinski definition) is 2. The van der Waals surface area contributed by atoms with Crippen molar-refractivity contribution in [2.45, 2.75) is 37.1 Å². The van der Waals surface area contributed by atoms with Crippen LogP contribution >= 0.6 is 0 Å². The first-order valence-corrected chi connectivity index (χ1v) is 12.8. The Hall–Kier alpha value is -2.95. The first-order valence-electron chi connectivity index (χ1n) is 11.3. The first kappa shape index (κ1) is 25.7. The fourth-order valence-corrected chi connectivity index (χ4v) is 4.43. The summed E-state index contributed by atoms with van der Waals surface area (Å²) in [6, 6.07) is 13.1. The van der Waals surface area contributed by atoms with E-state index in [2.05, 4.69) is 10.2 Å². The average Bonchev–Trinajstić information content (AvgIpc) is 3.08. The molecule has 2 aromatic rings. The van der Waals surface area contributed by atoms with Crippen LogP contribution in [0.1, 0.15) is 25.3 Å². The molecule has 0 bridgehead atoms. The molecule has 0 spiro atoms. The van der Waals surface area contributed by atoms with Crippen LogP contribution in [0.2, 0.25) is 0 Å². The van der Waals surface area contributed by atoms with Gasteiger partial charge in [0.05, 0.1) is 18.0 Å². The van der Waals surface area contributed by atoms with Gasteiger partial charge in [0.15, 0.2) is 0 Å². The van der Waals surface area contributed by atoms with E-state index in [0.29, 0.717) is 44.7 Å². The normalized spacial score (nSPS) is 15.9. The van der Waals surface area contributed by atoms with E-state index in [4.69, 9.17) is 9.88 Å². The van der Waals surface area contributed by atoms with Crippen LogP contribution in [-0.2, 0) is 26.0 Å². The summed E-state index contributed by atoms with van der Waals surface area (Å²) in [5.74, 6) is 0.716. The van der Waals surface area contributed by atoms with Crippen LogP contribution in [0.5, 0.6) is 5.75 Å². The maximum absolute atomic E-state index is 12.7. The highest BCUT2D eigenvalue weighted by Crippen LogP contribution is 2.16. The molecule has 0 radical (unpaired) electrons. The van der Waals surface area contributed by atoms with Crippen molar-refractivity contribution in [1.82, 2.24) is 9.80 Å². The fourth-order valence-electron chi connectivity index (χ4n) is 3.92. The van der Waals surface area contributed by atoms with Gasteiger partial charge in [-0.1, -0.05) is 12.1 Å². The summed E-state index contributed by atoms with van der Waals surface area (Å²) in [7, 11) is -2.15. The molecule has 1 aliphatic heterocycles. The van der Waals surface area contributed by atoms with E-state index in [1.165, 1.54) is 24.3 Å². The van der Waals surface area contributed by atoms with Crippen LogP contribution in [-0.4, -0.2) is 69.4 Å². The number of methoxy groups -OCH3 is 1. The van der Waals surface area contributed by atoms with Gasteiger partial charge in [0.1, 0.15) is 5.75 Å². The molecule has 0 aromatic heterocycles. The van der Waals surface area contributed by atoms with Crippen molar-refractivity contribution in [3.05, 3.63) is 54.1 Å². The van der Waals surface area contributed by atoms with Crippen LogP contribution in [0.4, 0.5) is 5.69 Å². The lowest BCUT2D eigenvalue weighted by molar-refractivity contribution is -0.131. The standard InChI is InChI=1S/C24H32N4O5S/c1-18(24(30)26-20-7-11-22(12-8-20)34(25,31)32)27-14-3-15-28(17-16-27)23(29)13-6-19-4-9-21(33-2)10-5-19/h4-5,7-12,18H,3,6,13-17H2,1-2H3,(H,26,30)(H2,25,31,32). The second-order valence-electron chi connectivity index (χ2n) is 8.35. The highest BCUT2D eigenvalue weighted by molar-refractivity contribution is 7.89. The highest BCUT2D eigenvalue weighted by Gasteiger charge is 2.25. The number of rotatable bonds is 8. The third-order valence-electron chi connectivity index (χ3n) is 6.05. The maximum Gasteiger partial charge on any atom is 0.241 e. The zero-order valence-electron chi connectivity index (χ0n) is 19.6. The lowest BCUT2D eigenvalue weighted by Crippen LogP contribution is -2.44. The largest absolute Gasteiger partial charge is 0.497 e. The minimum Gasteiger partial charge on any atom is -0.497 e. The van der Waals surface area contributed by atoms with Crippen molar-refractivity contribution in [1.29, 1.82) is 0 Å². The number of hydrogen-bond acceptors (Lipinski definition) is 6. The monoisotopic (exact) mass is 488 g/mol. The minimum absolute atomic E-state index is 0.0113. The van der Waals surface area contributed by atoms with Crippen molar-refractivity contribution in [3.8, 4) is 5.75 Å². The van der Waals surface area contributed by atoms with E-state index in [1.54, 1.807) is 7.11 Å². The molecule has 1 heterocycles. The number of aryl methyl sites for hydroxylation is 1. The van der Waals surface area contributed by atoms with Crippen LogP contribution in [0.3, 0.4) is 0 Å². The molecule has 0 saturated carbocycles. The number of benzene rings is 2. The molecular weight excluding hydrogens is 456 g/mol. The average molecular weight is 489 g/mol. The summed E-state index contributed by atoms with van der Waals surface area (Å²) >= 11 is 0. The number of ether oxygens (including phenoxy) is 1. The molecular formula is C24H32N4O5S. The van der Waals surface area contributed by atoms with Crippen LogP contribution < -0.4 is 15.2 Å². The molecule has 1 saturated heterocycles. The number of amides is 2. The smallest absolute Gasteiger partial charge is 0.241 e. The Labute approximate surface area is 200 Å². The summed E-state index contributed by atoms with van der Waals surface area (Å²) in [4.78, 5) is 29.4. The molecule has 3 rings (SSSR count). The SMILES string of the molecule is COc1ccc(CCC(=O)N2CCCN(C(C)C(=O)Nc3ccc(S(N)(=O)=O)cc3)CC2)cc1. The van der Waals surface area contributed by atoms with Crippen LogP contribution in [0.15, 0.2) is 53.4 Å². The number of carbonyl (C=O) groups is 2. The summed E-state index contributed by atoms with van der Waals surface area (Å²) < 4.78 is 27.9.